The highest BCUT2D eigenvalue weighted by atomic mass is 32.2. The van der Waals surface area contributed by atoms with Crippen LogP contribution in [0.5, 0.6) is 0 Å². The van der Waals surface area contributed by atoms with E-state index in [1.165, 1.54) is 0 Å². The second-order valence-electron chi connectivity index (χ2n) is 2.99. The minimum absolute atomic E-state index is 0.605. The number of nitrogens with zero attached hydrogens (tertiary/aromatic N) is 3. The van der Waals surface area contributed by atoms with Gasteiger partial charge in [0.25, 0.3) is 11.6 Å². The molecule has 0 saturated heterocycles. The second kappa shape index (κ2) is 2.99. The molecular formula is C8H11N4S+. The Labute approximate surface area is 80.9 Å². The van der Waals surface area contributed by atoms with Gasteiger partial charge < -0.3 is 5.73 Å². The van der Waals surface area contributed by atoms with Crippen molar-refractivity contribution in [2.24, 2.45) is 17.8 Å². The number of fused-ring (bicyclic) bond motifs is 1. The van der Waals surface area contributed by atoms with E-state index in [2.05, 4.69) is 16.2 Å². The summed E-state index contributed by atoms with van der Waals surface area (Å²) in [4.78, 5) is 8.53. The monoisotopic (exact) mass is 195 g/mol. The number of aromatic nitrogens is 2. The van der Waals surface area contributed by atoms with E-state index in [1.807, 2.05) is 18.5 Å². The third-order valence-electron chi connectivity index (χ3n) is 2.01. The molecule has 0 atom stereocenters. The molecule has 1 aliphatic rings. The fourth-order valence-corrected chi connectivity index (χ4v) is 1.83. The predicted octanol–water partition coefficient (Wildman–Crippen LogP) is 0.408. The van der Waals surface area contributed by atoms with Gasteiger partial charge in [-0.15, -0.1) is 0 Å². The van der Waals surface area contributed by atoms with Gasteiger partial charge in [-0.05, 0) is 4.98 Å². The van der Waals surface area contributed by atoms with Crippen molar-refractivity contribution in [2.75, 3.05) is 0 Å². The van der Waals surface area contributed by atoms with E-state index in [1.54, 1.807) is 11.8 Å². The lowest BCUT2D eigenvalue weighted by Crippen LogP contribution is -2.33. The number of thioether (sulfide) groups is 1. The summed E-state index contributed by atoms with van der Waals surface area (Å²) in [6.45, 7) is 1.95. The summed E-state index contributed by atoms with van der Waals surface area (Å²) in [5.74, 6) is 2.58. The molecule has 2 N–H and O–H groups in total. The first-order valence-corrected chi connectivity index (χ1v) is 4.98. The van der Waals surface area contributed by atoms with Gasteiger partial charge in [0.2, 0.25) is 0 Å². The highest BCUT2D eigenvalue weighted by Gasteiger charge is 2.19. The van der Waals surface area contributed by atoms with Crippen molar-refractivity contribution in [1.29, 1.82) is 0 Å². The van der Waals surface area contributed by atoms with E-state index in [0.717, 1.165) is 23.0 Å². The molecule has 0 spiro atoms. The number of rotatable bonds is 0. The average molecular weight is 195 g/mol. The Balaban J connectivity index is 2.57. The summed E-state index contributed by atoms with van der Waals surface area (Å²) in [6.07, 6.45) is 2.06. The van der Waals surface area contributed by atoms with Crippen LogP contribution in [0.1, 0.15) is 11.4 Å². The van der Waals surface area contributed by atoms with Crippen LogP contribution in [-0.4, -0.2) is 10.2 Å². The molecule has 1 aromatic heterocycles. The van der Waals surface area contributed by atoms with Gasteiger partial charge in [0.05, 0.1) is 12.6 Å². The Morgan fingerprint density at radius 1 is 1.62 bits per heavy atom. The lowest BCUT2D eigenvalue weighted by Gasteiger charge is -2.07. The zero-order valence-corrected chi connectivity index (χ0v) is 8.43. The van der Waals surface area contributed by atoms with Crippen LogP contribution in [0.3, 0.4) is 0 Å². The Kier molecular flexibility index (Phi) is 1.95. The number of hydrogen-bond donors (Lipinski definition) is 1. The molecule has 0 aromatic carbocycles. The summed E-state index contributed by atoms with van der Waals surface area (Å²) in [5, 5.41) is 0.605. The summed E-state index contributed by atoms with van der Waals surface area (Å²) >= 11 is 1.55. The second-order valence-corrected chi connectivity index (χ2v) is 3.98. The van der Waals surface area contributed by atoms with E-state index in [4.69, 9.17) is 5.73 Å². The fourth-order valence-electron chi connectivity index (χ4n) is 1.18. The van der Waals surface area contributed by atoms with E-state index < -0.39 is 0 Å². The molecule has 0 aliphatic carbocycles. The van der Waals surface area contributed by atoms with Crippen molar-refractivity contribution < 1.29 is 4.57 Å². The highest BCUT2D eigenvalue weighted by molar-refractivity contribution is 8.13. The first-order valence-electron chi connectivity index (χ1n) is 4.00. The molecule has 0 saturated carbocycles. The molecule has 0 radical (unpaired) electrons. The van der Waals surface area contributed by atoms with Gasteiger partial charge in [0, 0.05) is 12.7 Å². The third kappa shape index (κ3) is 1.51. The molecule has 1 aromatic rings. The lowest BCUT2D eigenvalue weighted by atomic mass is 10.3. The summed E-state index contributed by atoms with van der Waals surface area (Å²) in [5.41, 5.74) is 6.75. The number of aryl methyl sites for hydroxylation is 2. The number of aliphatic imine (C=N–C) groups is 1. The Morgan fingerprint density at radius 2 is 2.38 bits per heavy atom. The fraction of sp³-hybridized carbons (Fsp3) is 0.375. The van der Waals surface area contributed by atoms with Crippen LogP contribution < -0.4 is 10.3 Å². The molecule has 4 nitrogen and oxygen atoms in total. The zero-order valence-electron chi connectivity index (χ0n) is 7.61. The maximum atomic E-state index is 5.60. The van der Waals surface area contributed by atoms with Crippen molar-refractivity contribution in [3.63, 3.8) is 0 Å². The minimum atomic E-state index is 0.605. The zero-order chi connectivity index (χ0) is 9.42. The third-order valence-corrected chi connectivity index (χ3v) is 2.85. The smallest absolute Gasteiger partial charge is 0.297 e. The minimum Gasteiger partial charge on any atom is -0.378 e. The van der Waals surface area contributed by atoms with Crippen LogP contribution in [0.25, 0.3) is 0 Å². The topological polar surface area (TPSA) is 55.1 Å². The number of amidine groups is 1. The van der Waals surface area contributed by atoms with Crippen LogP contribution in [0.15, 0.2) is 11.2 Å². The van der Waals surface area contributed by atoms with E-state index in [0.29, 0.717) is 5.17 Å². The lowest BCUT2D eigenvalue weighted by molar-refractivity contribution is -0.681. The largest absolute Gasteiger partial charge is 0.378 e. The number of nitrogens with two attached hydrogens (primary N) is 1. The maximum absolute atomic E-state index is 5.60. The molecule has 0 unspecified atom stereocenters. The first-order chi connectivity index (χ1) is 6.16. The van der Waals surface area contributed by atoms with Gasteiger partial charge in [-0.3, -0.25) is 0 Å². The Bertz CT molecular complexity index is 386. The van der Waals surface area contributed by atoms with Crippen molar-refractivity contribution >= 4 is 22.7 Å². The van der Waals surface area contributed by atoms with Crippen molar-refractivity contribution in [3.8, 4) is 0 Å². The van der Waals surface area contributed by atoms with Crippen LogP contribution in [0.4, 0.5) is 5.82 Å². The first kappa shape index (κ1) is 8.50. The normalized spacial score (nSPS) is 15.1. The van der Waals surface area contributed by atoms with Gasteiger partial charge in [0.15, 0.2) is 5.17 Å². The van der Waals surface area contributed by atoms with Crippen molar-refractivity contribution in [3.05, 3.63) is 17.6 Å². The molecule has 68 valence electrons. The predicted molar refractivity (Wildman–Crippen MR) is 52.7 cm³/mol. The Morgan fingerprint density at radius 3 is 3.15 bits per heavy atom. The van der Waals surface area contributed by atoms with E-state index in [9.17, 15) is 0 Å². The summed E-state index contributed by atoms with van der Waals surface area (Å²) < 4.78 is 2.00. The standard InChI is InChI=1S/C8H10N4S/c1-5-10-7-6(3-12(5)2)4-13-8(9)11-7/h3,9H,4H2,1-2H3/p+1. The molecule has 2 heterocycles. The molecule has 1 aliphatic heterocycles. The molecular weight excluding hydrogens is 184 g/mol. The van der Waals surface area contributed by atoms with Gasteiger partial charge in [0.1, 0.15) is 6.20 Å². The molecule has 0 bridgehead atoms. The quantitative estimate of drug-likeness (QED) is 0.610. The van der Waals surface area contributed by atoms with Crippen LogP contribution in [-0.2, 0) is 12.8 Å². The average Bonchev–Trinajstić information content (AvgIpc) is 2.08. The van der Waals surface area contributed by atoms with Crippen molar-refractivity contribution in [1.82, 2.24) is 4.98 Å². The summed E-state index contributed by atoms with van der Waals surface area (Å²) in [6, 6.07) is 0. The van der Waals surface area contributed by atoms with Crippen molar-refractivity contribution in [2.45, 2.75) is 12.7 Å². The van der Waals surface area contributed by atoms with Gasteiger partial charge in [-0.2, -0.15) is 4.99 Å². The molecule has 0 fully saturated rings. The van der Waals surface area contributed by atoms with Crippen LogP contribution in [0, 0.1) is 6.92 Å². The van der Waals surface area contributed by atoms with Crippen LogP contribution >= 0.6 is 11.8 Å². The van der Waals surface area contributed by atoms with E-state index in [-0.39, 0.29) is 0 Å². The van der Waals surface area contributed by atoms with Gasteiger partial charge in [-0.25, -0.2) is 4.57 Å². The Hall–Kier alpha value is -1.10. The molecule has 2 rings (SSSR count). The van der Waals surface area contributed by atoms with E-state index >= 15 is 0 Å². The SMILES string of the molecule is Cc1nc2c(c[n+]1C)CSC(N)=N2. The van der Waals surface area contributed by atoms with Gasteiger partial charge >= 0.3 is 0 Å². The molecule has 5 heteroatoms. The maximum Gasteiger partial charge on any atom is 0.297 e. The molecule has 0 amide bonds. The van der Waals surface area contributed by atoms with Gasteiger partial charge in [-0.1, -0.05) is 11.8 Å². The highest BCUT2D eigenvalue weighted by Crippen LogP contribution is 2.26. The molecule has 13 heavy (non-hydrogen) atoms. The summed E-state index contributed by atoms with van der Waals surface area (Å²) in [7, 11) is 1.98. The number of hydrogen-bond acceptors (Lipinski definition) is 4. The van der Waals surface area contributed by atoms with Crippen LogP contribution in [0.2, 0.25) is 0 Å².